The number of fused-ring (bicyclic) bond motifs is 1. The lowest BCUT2D eigenvalue weighted by atomic mass is 10.2. The van der Waals surface area contributed by atoms with E-state index in [2.05, 4.69) is 26.8 Å². The highest BCUT2D eigenvalue weighted by atomic mass is 15.3. The van der Waals surface area contributed by atoms with E-state index >= 15 is 0 Å². The third kappa shape index (κ3) is 2.33. The molecule has 3 rings (SSSR count). The van der Waals surface area contributed by atoms with Gasteiger partial charge >= 0.3 is 0 Å². The first-order chi connectivity index (χ1) is 9.13. The van der Waals surface area contributed by atoms with Gasteiger partial charge in [-0.3, -0.25) is 0 Å². The van der Waals surface area contributed by atoms with Gasteiger partial charge in [0.25, 0.3) is 0 Å². The Morgan fingerprint density at radius 3 is 2.58 bits per heavy atom. The van der Waals surface area contributed by atoms with Crippen LogP contribution in [0.15, 0.2) is 18.2 Å². The number of aryl methyl sites for hydroxylation is 1. The van der Waals surface area contributed by atoms with E-state index in [-0.39, 0.29) is 0 Å². The van der Waals surface area contributed by atoms with Crippen LogP contribution >= 0.6 is 0 Å². The predicted molar refractivity (Wildman–Crippen MR) is 78.4 cm³/mol. The topological polar surface area (TPSA) is 58.3 Å². The van der Waals surface area contributed by atoms with Crippen LogP contribution in [0.4, 0.5) is 11.6 Å². The smallest absolute Gasteiger partial charge is 0.226 e. The lowest BCUT2D eigenvalue weighted by Crippen LogP contribution is -2.45. The number of nitrogens with two attached hydrogens (primary N) is 1. The molecule has 1 aromatic carbocycles. The largest absolute Gasteiger partial charge is 0.399 e. The van der Waals surface area contributed by atoms with Crippen LogP contribution in [0.5, 0.6) is 0 Å². The fourth-order valence-electron chi connectivity index (χ4n) is 2.43. The van der Waals surface area contributed by atoms with E-state index in [1.807, 2.05) is 25.1 Å². The maximum absolute atomic E-state index is 5.82. The zero-order valence-corrected chi connectivity index (χ0v) is 11.4. The Morgan fingerprint density at radius 2 is 1.84 bits per heavy atom. The zero-order valence-electron chi connectivity index (χ0n) is 11.4. The normalized spacial score (nSPS) is 17.1. The molecular weight excluding hydrogens is 238 g/mol. The molecule has 0 spiro atoms. The molecule has 0 saturated carbocycles. The lowest BCUT2D eigenvalue weighted by Gasteiger charge is -2.32. The quantitative estimate of drug-likeness (QED) is 0.780. The van der Waals surface area contributed by atoms with Gasteiger partial charge < -0.3 is 15.5 Å². The molecule has 0 amide bonds. The number of piperazine rings is 1. The summed E-state index contributed by atoms with van der Waals surface area (Å²) in [6.45, 7) is 6.10. The number of nitrogens with zero attached hydrogens (tertiary/aromatic N) is 4. The zero-order chi connectivity index (χ0) is 13.4. The van der Waals surface area contributed by atoms with Crippen LogP contribution in [0.2, 0.25) is 0 Å². The highest BCUT2D eigenvalue weighted by Gasteiger charge is 2.17. The molecule has 19 heavy (non-hydrogen) atoms. The van der Waals surface area contributed by atoms with Gasteiger partial charge in [0, 0.05) is 37.3 Å². The molecule has 0 radical (unpaired) electrons. The van der Waals surface area contributed by atoms with E-state index < -0.39 is 0 Å². The number of rotatable bonds is 1. The Labute approximate surface area is 113 Å². The van der Waals surface area contributed by atoms with E-state index in [4.69, 9.17) is 5.73 Å². The van der Waals surface area contributed by atoms with E-state index in [0.717, 1.165) is 54.4 Å². The Kier molecular flexibility index (Phi) is 2.98. The summed E-state index contributed by atoms with van der Waals surface area (Å²) in [5.74, 6) is 0.836. The van der Waals surface area contributed by atoms with Crippen LogP contribution in [-0.4, -0.2) is 48.1 Å². The van der Waals surface area contributed by atoms with Crippen molar-refractivity contribution >= 4 is 22.5 Å². The maximum atomic E-state index is 5.82. The maximum Gasteiger partial charge on any atom is 0.226 e. The monoisotopic (exact) mass is 257 g/mol. The van der Waals surface area contributed by atoms with Crippen molar-refractivity contribution < 1.29 is 0 Å². The van der Waals surface area contributed by atoms with Crippen LogP contribution in [-0.2, 0) is 0 Å². The van der Waals surface area contributed by atoms with Crippen molar-refractivity contribution in [3.63, 3.8) is 0 Å². The van der Waals surface area contributed by atoms with Gasteiger partial charge in [-0.25, -0.2) is 9.97 Å². The molecule has 1 fully saturated rings. The Balaban J connectivity index is 1.99. The Bertz CT molecular complexity index is 602. The molecule has 100 valence electrons. The number of aromatic nitrogens is 2. The van der Waals surface area contributed by atoms with Crippen LogP contribution in [0.1, 0.15) is 5.69 Å². The summed E-state index contributed by atoms with van der Waals surface area (Å²) in [7, 11) is 2.15. The summed E-state index contributed by atoms with van der Waals surface area (Å²) in [4.78, 5) is 13.9. The standard InChI is InChI=1S/C14H19N5/c1-10-12-9-11(15)3-4-13(12)17-14(16-10)19-7-5-18(2)6-8-19/h3-4,9H,5-8,15H2,1-2H3. The van der Waals surface area contributed by atoms with Crippen LogP contribution in [0.3, 0.4) is 0 Å². The molecule has 1 saturated heterocycles. The average Bonchev–Trinajstić information content (AvgIpc) is 2.40. The third-order valence-electron chi connectivity index (χ3n) is 3.68. The predicted octanol–water partition coefficient (Wildman–Crippen LogP) is 1.27. The summed E-state index contributed by atoms with van der Waals surface area (Å²) in [5.41, 5.74) is 8.53. The number of likely N-dealkylation sites (N-methyl/N-ethyl adjacent to an activating group) is 1. The second-order valence-electron chi connectivity index (χ2n) is 5.18. The molecule has 0 atom stereocenters. The van der Waals surface area contributed by atoms with Gasteiger partial charge in [0.2, 0.25) is 5.95 Å². The third-order valence-corrected chi connectivity index (χ3v) is 3.68. The molecule has 1 aliphatic rings. The summed E-state index contributed by atoms with van der Waals surface area (Å²) < 4.78 is 0. The number of benzene rings is 1. The molecule has 2 heterocycles. The first-order valence-electron chi connectivity index (χ1n) is 6.61. The van der Waals surface area contributed by atoms with Crippen LogP contribution in [0.25, 0.3) is 10.9 Å². The van der Waals surface area contributed by atoms with Crippen molar-refractivity contribution in [1.29, 1.82) is 0 Å². The number of anilines is 2. The second-order valence-corrected chi connectivity index (χ2v) is 5.18. The SMILES string of the molecule is Cc1nc(N2CCN(C)CC2)nc2ccc(N)cc12. The average molecular weight is 257 g/mol. The fraction of sp³-hybridized carbons (Fsp3) is 0.429. The van der Waals surface area contributed by atoms with E-state index in [1.54, 1.807) is 0 Å². The highest BCUT2D eigenvalue weighted by Crippen LogP contribution is 2.21. The molecular formula is C14H19N5. The van der Waals surface area contributed by atoms with E-state index in [9.17, 15) is 0 Å². The number of hydrogen-bond donors (Lipinski definition) is 1. The van der Waals surface area contributed by atoms with Crippen molar-refractivity contribution in [2.75, 3.05) is 43.9 Å². The van der Waals surface area contributed by atoms with Crippen molar-refractivity contribution in [2.24, 2.45) is 0 Å². The van der Waals surface area contributed by atoms with E-state index in [0.29, 0.717) is 0 Å². The molecule has 2 aromatic rings. The number of nitrogen functional groups attached to an aromatic ring is 1. The van der Waals surface area contributed by atoms with Gasteiger partial charge in [-0.2, -0.15) is 0 Å². The van der Waals surface area contributed by atoms with Crippen LogP contribution in [0, 0.1) is 6.92 Å². The van der Waals surface area contributed by atoms with Gasteiger partial charge in [0.1, 0.15) is 0 Å². The minimum atomic E-state index is 0.756. The molecule has 1 aromatic heterocycles. The van der Waals surface area contributed by atoms with Crippen molar-refractivity contribution in [2.45, 2.75) is 6.92 Å². The summed E-state index contributed by atoms with van der Waals surface area (Å²) in [5, 5.41) is 1.04. The molecule has 5 nitrogen and oxygen atoms in total. The summed E-state index contributed by atoms with van der Waals surface area (Å²) in [6.07, 6.45) is 0. The van der Waals surface area contributed by atoms with Gasteiger partial charge in [-0.15, -0.1) is 0 Å². The van der Waals surface area contributed by atoms with E-state index in [1.165, 1.54) is 0 Å². The Morgan fingerprint density at radius 1 is 1.11 bits per heavy atom. The van der Waals surface area contributed by atoms with Gasteiger partial charge in [-0.1, -0.05) is 0 Å². The van der Waals surface area contributed by atoms with Crippen molar-refractivity contribution in [3.05, 3.63) is 23.9 Å². The Hall–Kier alpha value is -1.88. The second kappa shape index (κ2) is 4.66. The van der Waals surface area contributed by atoms with Gasteiger partial charge in [0.05, 0.1) is 11.2 Å². The molecule has 2 N–H and O–H groups in total. The molecule has 5 heteroatoms. The summed E-state index contributed by atoms with van der Waals surface area (Å²) >= 11 is 0. The van der Waals surface area contributed by atoms with Crippen LogP contribution < -0.4 is 10.6 Å². The minimum Gasteiger partial charge on any atom is -0.399 e. The van der Waals surface area contributed by atoms with Crippen molar-refractivity contribution in [1.82, 2.24) is 14.9 Å². The fourth-order valence-corrected chi connectivity index (χ4v) is 2.43. The van der Waals surface area contributed by atoms with Gasteiger partial charge in [0.15, 0.2) is 0 Å². The lowest BCUT2D eigenvalue weighted by molar-refractivity contribution is 0.311. The van der Waals surface area contributed by atoms with Gasteiger partial charge in [-0.05, 0) is 32.2 Å². The number of hydrogen-bond acceptors (Lipinski definition) is 5. The first kappa shape index (κ1) is 12.2. The molecule has 0 bridgehead atoms. The molecule has 0 aliphatic carbocycles. The van der Waals surface area contributed by atoms with Crippen molar-refractivity contribution in [3.8, 4) is 0 Å². The molecule has 0 unspecified atom stereocenters. The first-order valence-corrected chi connectivity index (χ1v) is 6.61. The summed E-state index contributed by atoms with van der Waals surface area (Å²) in [6, 6.07) is 5.81. The minimum absolute atomic E-state index is 0.756. The molecule has 1 aliphatic heterocycles. The highest BCUT2D eigenvalue weighted by molar-refractivity contribution is 5.84.